The summed E-state index contributed by atoms with van der Waals surface area (Å²) in [6.45, 7) is 17.3. The summed E-state index contributed by atoms with van der Waals surface area (Å²) in [5, 5.41) is 21.4. The number of nitrogens with one attached hydrogen (secondary N) is 2. The van der Waals surface area contributed by atoms with Crippen LogP contribution in [0.2, 0.25) is 10.0 Å². The second-order valence-corrected chi connectivity index (χ2v) is 24.8. The lowest BCUT2D eigenvalue weighted by atomic mass is 9.98. The van der Waals surface area contributed by atoms with Crippen LogP contribution in [0.3, 0.4) is 0 Å². The number of methoxy groups -OCH3 is 1. The van der Waals surface area contributed by atoms with E-state index in [-0.39, 0.29) is 36.3 Å². The first-order chi connectivity index (χ1) is 40.4. The Bertz CT molecular complexity index is 3260. The summed E-state index contributed by atoms with van der Waals surface area (Å²) in [4.78, 5) is 86.7. The van der Waals surface area contributed by atoms with Gasteiger partial charge in [0.2, 0.25) is 11.8 Å². The molecule has 2 aliphatic rings. The maximum atomic E-state index is 14.0. The number of piperazine rings is 2. The van der Waals surface area contributed by atoms with E-state index in [1.54, 1.807) is 70.7 Å². The van der Waals surface area contributed by atoms with Crippen molar-refractivity contribution in [2.45, 2.75) is 141 Å². The minimum absolute atomic E-state index is 0.154. The van der Waals surface area contributed by atoms with Gasteiger partial charge >= 0.3 is 24.1 Å². The van der Waals surface area contributed by atoms with Crippen LogP contribution < -0.4 is 10.6 Å². The van der Waals surface area contributed by atoms with Gasteiger partial charge in [-0.1, -0.05) is 146 Å². The third kappa shape index (κ3) is 18.9. The number of benzene rings is 6. The Kier molecular flexibility index (Phi) is 22.8. The monoisotopic (exact) mass is 1200 g/mol. The Morgan fingerprint density at radius 3 is 1.25 bits per heavy atom. The molecule has 0 aromatic heterocycles. The van der Waals surface area contributed by atoms with Crippen molar-refractivity contribution in [1.29, 1.82) is 0 Å². The fourth-order valence-electron chi connectivity index (χ4n) is 11.1. The normalized spacial score (nSPS) is 17.4. The highest BCUT2D eigenvalue weighted by Crippen LogP contribution is 2.26. The first-order valence-electron chi connectivity index (χ1n) is 29.2. The van der Waals surface area contributed by atoms with E-state index in [9.17, 15) is 33.9 Å². The molecule has 6 aromatic rings. The van der Waals surface area contributed by atoms with Gasteiger partial charge in [-0.3, -0.25) is 29.0 Å². The van der Waals surface area contributed by atoms with Crippen LogP contribution in [-0.4, -0.2) is 154 Å². The highest BCUT2D eigenvalue weighted by molar-refractivity contribution is 6.30. The maximum absolute atomic E-state index is 14.0. The molecular formula is C67H82Cl2N6O10. The number of carboxylic acid groups (broad SMARTS) is 1. The van der Waals surface area contributed by atoms with Crippen molar-refractivity contribution in [3.05, 3.63) is 166 Å². The van der Waals surface area contributed by atoms with Crippen molar-refractivity contribution in [3.8, 4) is 0 Å². The second-order valence-electron chi connectivity index (χ2n) is 23.9. The number of halogens is 2. The van der Waals surface area contributed by atoms with Gasteiger partial charge in [-0.05, 0) is 135 Å². The van der Waals surface area contributed by atoms with E-state index >= 15 is 0 Å². The van der Waals surface area contributed by atoms with Crippen LogP contribution in [0, 0.1) is 0 Å². The summed E-state index contributed by atoms with van der Waals surface area (Å²) in [6.07, 6.45) is 1.45. The first-order valence-corrected chi connectivity index (χ1v) is 30.0. The summed E-state index contributed by atoms with van der Waals surface area (Å²) < 4.78 is 16.2. The summed E-state index contributed by atoms with van der Waals surface area (Å²) in [7, 11) is 1.41. The third-order valence-corrected chi connectivity index (χ3v) is 15.9. The number of ether oxygens (including phenoxy) is 3. The van der Waals surface area contributed by atoms with Gasteiger partial charge in [0.15, 0.2) is 0 Å². The molecule has 16 nitrogen and oxygen atoms in total. The third-order valence-electron chi connectivity index (χ3n) is 15.3. The molecule has 0 bridgehead atoms. The molecule has 85 heavy (non-hydrogen) atoms. The lowest BCUT2D eigenvalue weighted by Gasteiger charge is -2.44. The Hall–Kier alpha value is -7.24. The summed E-state index contributed by atoms with van der Waals surface area (Å²) >= 11 is 12.1. The minimum atomic E-state index is -0.884. The molecule has 6 atom stereocenters. The molecule has 0 saturated carbocycles. The molecule has 0 unspecified atom stereocenters. The summed E-state index contributed by atoms with van der Waals surface area (Å²) in [5.41, 5.74) is 2.30. The minimum Gasteiger partial charge on any atom is -0.480 e. The second kappa shape index (κ2) is 29.7. The van der Waals surface area contributed by atoms with Gasteiger partial charge in [0.1, 0.15) is 35.4 Å². The van der Waals surface area contributed by atoms with Gasteiger partial charge in [-0.2, -0.15) is 0 Å². The SMILES string of the molecule is CC[C@H]1CN([C@@H](Cc2ccc3ccccc3c2)C(=O)O)CCN1C(=O)[C@@H](Cc1ccc(Cl)cc1)NC(=O)OC(C)(C)C.CC[C@H]1CN([C@@H](Cc2ccc3ccccc3c2)C(=O)OC)CCN1C(=O)[C@@H](Cc1ccc(Cl)cc1)NC(=O)OC(C)(C)C. The lowest BCUT2D eigenvalue weighted by Crippen LogP contribution is -2.62. The molecule has 454 valence electrons. The van der Waals surface area contributed by atoms with Gasteiger partial charge in [-0.15, -0.1) is 0 Å². The average molecular weight is 1200 g/mol. The van der Waals surface area contributed by atoms with Gasteiger partial charge in [-0.25, -0.2) is 9.59 Å². The smallest absolute Gasteiger partial charge is 0.408 e. The van der Waals surface area contributed by atoms with Crippen LogP contribution in [0.4, 0.5) is 9.59 Å². The van der Waals surface area contributed by atoms with Gasteiger partial charge in [0, 0.05) is 74.2 Å². The average Bonchev–Trinajstić information content (AvgIpc) is 2.19. The van der Waals surface area contributed by atoms with E-state index in [4.69, 9.17) is 37.4 Å². The van der Waals surface area contributed by atoms with Crippen LogP contribution >= 0.6 is 23.2 Å². The molecule has 2 aliphatic heterocycles. The van der Waals surface area contributed by atoms with E-state index in [1.165, 1.54) is 7.11 Å². The van der Waals surface area contributed by atoms with E-state index in [2.05, 4.69) is 45.9 Å². The largest absolute Gasteiger partial charge is 0.480 e. The van der Waals surface area contributed by atoms with Gasteiger partial charge in [0.05, 0.1) is 7.11 Å². The van der Waals surface area contributed by atoms with E-state index < -0.39 is 53.5 Å². The quantitative estimate of drug-likeness (QED) is 0.0547. The number of aliphatic carboxylic acids is 1. The van der Waals surface area contributed by atoms with Crippen molar-refractivity contribution in [2.24, 2.45) is 0 Å². The zero-order chi connectivity index (χ0) is 61.6. The topological polar surface area (TPSA) is 187 Å². The number of rotatable bonds is 18. The van der Waals surface area contributed by atoms with Crippen molar-refractivity contribution >= 4 is 80.7 Å². The zero-order valence-electron chi connectivity index (χ0n) is 50.3. The molecule has 2 saturated heterocycles. The first kappa shape index (κ1) is 65.3. The summed E-state index contributed by atoms with van der Waals surface area (Å²) in [6, 6.07) is 39.6. The van der Waals surface area contributed by atoms with E-state index in [1.807, 2.05) is 103 Å². The fraction of sp³-hybridized carbons (Fsp3) is 0.433. The lowest BCUT2D eigenvalue weighted by molar-refractivity contribution is -0.150. The van der Waals surface area contributed by atoms with Crippen molar-refractivity contribution in [2.75, 3.05) is 46.4 Å². The number of fused-ring (bicyclic) bond motifs is 2. The Labute approximate surface area is 510 Å². The number of carbonyl (C=O) groups excluding carboxylic acids is 5. The van der Waals surface area contributed by atoms with Crippen molar-refractivity contribution in [3.63, 3.8) is 0 Å². The summed E-state index contributed by atoms with van der Waals surface area (Å²) in [5.74, 6) is -1.58. The molecule has 0 spiro atoms. The van der Waals surface area contributed by atoms with Crippen molar-refractivity contribution in [1.82, 2.24) is 30.2 Å². The highest BCUT2D eigenvalue weighted by atomic mass is 35.5. The van der Waals surface area contributed by atoms with Gasteiger partial charge < -0.3 is 39.8 Å². The molecule has 0 radical (unpaired) electrons. The Morgan fingerprint density at radius 2 is 0.882 bits per heavy atom. The van der Waals surface area contributed by atoms with Crippen LogP contribution in [0.15, 0.2) is 133 Å². The highest BCUT2D eigenvalue weighted by Gasteiger charge is 2.40. The Morgan fingerprint density at radius 1 is 0.518 bits per heavy atom. The van der Waals surface area contributed by atoms with Crippen LogP contribution in [-0.2, 0) is 59.1 Å². The zero-order valence-corrected chi connectivity index (χ0v) is 51.8. The van der Waals surface area contributed by atoms with Crippen LogP contribution in [0.5, 0.6) is 0 Å². The molecule has 4 amide bonds. The number of nitrogens with zero attached hydrogens (tertiary/aromatic N) is 4. The van der Waals surface area contributed by atoms with E-state index in [0.717, 1.165) is 43.8 Å². The predicted octanol–water partition coefficient (Wildman–Crippen LogP) is 11.2. The molecular weight excluding hydrogens is 1120 g/mol. The van der Waals surface area contributed by atoms with Crippen LogP contribution in [0.25, 0.3) is 21.5 Å². The fourth-order valence-corrected chi connectivity index (χ4v) is 11.3. The molecule has 3 N–H and O–H groups in total. The van der Waals surface area contributed by atoms with Crippen LogP contribution in [0.1, 0.15) is 90.5 Å². The van der Waals surface area contributed by atoms with E-state index in [0.29, 0.717) is 81.4 Å². The number of hydrogen-bond acceptors (Lipinski definition) is 11. The number of carboxylic acids is 1. The molecule has 6 aromatic carbocycles. The number of amides is 4. The molecule has 18 heteroatoms. The molecule has 8 rings (SSSR count). The van der Waals surface area contributed by atoms with Crippen molar-refractivity contribution < 1.29 is 48.1 Å². The Balaban J connectivity index is 0.000000244. The molecule has 2 heterocycles. The van der Waals surface area contributed by atoms with Gasteiger partial charge in [0.25, 0.3) is 0 Å². The number of hydrogen-bond donors (Lipinski definition) is 3. The maximum Gasteiger partial charge on any atom is 0.408 e. The number of carbonyl (C=O) groups is 6. The molecule has 0 aliphatic carbocycles. The molecule has 2 fully saturated rings. The number of esters is 1. The predicted molar refractivity (Wildman–Crippen MR) is 334 cm³/mol. The standard InChI is InChI=1S/C34H42ClN3O5.C33H40ClN3O5/c1-6-28-22-37(30(32(40)42-5)21-24-11-14-25-9-7-8-10-26(25)19-24)17-18-38(28)31(39)29(36-33(41)43-34(2,3)4)20-23-12-15-27(35)16-13-23;1-5-27-21-36(29(31(39)40)20-23-10-13-24-8-6-7-9-25(24)18-23)16-17-37(27)30(38)28(35-32(41)42-33(2,3)4)19-22-11-14-26(34)15-12-22/h7-16,19,28-30H,6,17-18,20-22H2,1-5H3,(H,36,41);6-15,18,27-29H,5,16-17,19-21H2,1-4H3,(H,35,41)(H,39,40)/t28-,29+,30-;27-,28+,29-/m00/s1. The number of alkyl carbamates (subject to hydrolysis) is 2.